The third-order valence-electron chi connectivity index (χ3n) is 8.93. The molecule has 2 spiro atoms. The normalized spacial score (nSPS) is 27.2. The molecule has 4 aromatic rings. The average Bonchev–Trinajstić information content (AvgIpc) is 3.51. The molecule has 1 heterocycles. The van der Waals surface area contributed by atoms with Gasteiger partial charge in [-0.05, 0) is 46.7 Å². The number of benzene rings is 3. The van der Waals surface area contributed by atoms with Crippen LogP contribution in [-0.4, -0.2) is 4.98 Å². The van der Waals surface area contributed by atoms with Gasteiger partial charge >= 0.3 is 0 Å². The van der Waals surface area contributed by atoms with Crippen LogP contribution in [0.15, 0.2) is 120 Å². The summed E-state index contributed by atoms with van der Waals surface area (Å²) in [5.41, 5.74) is 7.96. The number of fused-ring (bicyclic) bond motifs is 1. The van der Waals surface area contributed by atoms with Gasteiger partial charge in [0.25, 0.3) is 0 Å². The molecule has 3 bridgehead atoms. The van der Waals surface area contributed by atoms with Crippen molar-refractivity contribution >= 4 is 27.2 Å². The largest absolute Gasteiger partial charge is 0.335 e. The fourth-order valence-corrected chi connectivity index (χ4v) is 8.12. The van der Waals surface area contributed by atoms with Gasteiger partial charge < -0.3 is 5.32 Å². The summed E-state index contributed by atoms with van der Waals surface area (Å²) in [5, 5.41) is 9.54. The minimum atomic E-state index is -0.123. The van der Waals surface area contributed by atoms with Gasteiger partial charge in [0.1, 0.15) is 0 Å². The van der Waals surface area contributed by atoms with Gasteiger partial charge in [0.2, 0.25) is 0 Å². The smallest absolute Gasteiger partial charge is 0.187 e. The average molecular weight is 483 g/mol. The molecule has 3 heteroatoms. The molecule has 1 N–H and O–H groups in total. The van der Waals surface area contributed by atoms with Crippen LogP contribution in [0.3, 0.4) is 0 Å². The molecule has 0 amide bonds. The summed E-state index contributed by atoms with van der Waals surface area (Å²) in [6, 6.07) is 24.2. The van der Waals surface area contributed by atoms with Crippen LogP contribution < -0.4 is 5.32 Å². The molecule has 5 aliphatic rings. The van der Waals surface area contributed by atoms with Crippen molar-refractivity contribution in [1.29, 1.82) is 0 Å². The lowest BCUT2D eigenvalue weighted by Crippen LogP contribution is -2.52. The lowest BCUT2D eigenvalue weighted by atomic mass is 9.46. The predicted octanol–water partition coefficient (Wildman–Crippen LogP) is 8.53. The number of thiazole rings is 1. The van der Waals surface area contributed by atoms with Crippen LogP contribution in [0.4, 0.5) is 5.13 Å². The number of allylic oxidation sites excluding steroid dienone is 8. The molecule has 0 saturated heterocycles. The number of rotatable bonds is 3. The maximum Gasteiger partial charge on any atom is 0.187 e. The van der Waals surface area contributed by atoms with E-state index in [0.717, 1.165) is 30.1 Å². The standard InChI is InChI=1S/C33H26N2S/c1-2-12-24-22(9-1)11-7-14-26(24)29-21-36-31(34-29)35-30-16-8-18-33(30)20-27-23-10-5-6-17-32(33,19-23)28-15-4-3-13-25(27)28/h1-7,9-17,19,21,27H,8,18,20H2,(H,34,35). The van der Waals surface area contributed by atoms with Gasteiger partial charge in [0.15, 0.2) is 5.13 Å². The lowest BCUT2D eigenvalue weighted by molar-refractivity contribution is 0.185. The Hall–Kier alpha value is -3.69. The minimum Gasteiger partial charge on any atom is -0.335 e. The van der Waals surface area contributed by atoms with E-state index in [4.69, 9.17) is 4.98 Å². The number of nitrogens with one attached hydrogen (secondary N) is 1. The van der Waals surface area contributed by atoms with Gasteiger partial charge in [-0.3, -0.25) is 0 Å². The predicted molar refractivity (Wildman–Crippen MR) is 150 cm³/mol. The van der Waals surface area contributed by atoms with Crippen LogP contribution in [0.5, 0.6) is 0 Å². The molecular formula is C33H26N2S. The Morgan fingerprint density at radius 1 is 0.944 bits per heavy atom. The van der Waals surface area contributed by atoms with E-state index in [1.54, 1.807) is 11.3 Å². The molecule has 2 nitrogen and oxygen atoms in total. The zero-order valence-electron chi connectivity index (χ0n) is 19.9. The summed E-state index contributed by atoms with van der Waals surface area (Å²) in [4.78, 5) is 5.10. The topological polar surface area (TPSA) is 24.9 Å². The molecule has 0 radical (unpaired) electrons. The quantitative estimate of drug-likeness (QED) is 0.316. The summed E-state index contributed by atoms with van der Waals surface area (Å²) in [6.07, 6.45) is 17.7. The Morgan fingerprint density at radius 2 is 1.83 bits per heavy atom. The van der Waals surface area contributed by atoms with E-state index in [1.807, 2.05) is 0 Å². The van der Waals surface area contributed by atoms with Crippen molar-refractivity contribution in [3.8, 4) is 11.3 Å². The fourth-order valence-electron chi connectivity index (χ4n) is 7.40. The molecule has 3 unspecified atom stereocenters. The van der Waals surface area contributed by atoms with Crippen molar-refractivity contribution in [3.63, 3.8) is 0 Å². The molecule has 0 saturated carbocycles. The summed E-state index contributed by atoms with van der Waals surface area (Å²) in [7, 11) is 0. The SMILES string of the molecule is C1=CC2=CC3(C=C1)c1ccccc1C2CC31CCC=C1Nc1nc(-c2cccc3ccccc23)cs1. The second-order valence-corrected chi connectivity index (χ2v) is 11.4. The molecule has 36 heavy (non-hydrogen) atoms. The Bertz CT molecular complexity index is 1660. The molecule has 1 aromatic heterocycles. The van der Waals surface area contributed by atoms with Gasteiger partial charge in [-0.25, -0.2) is 4.98 Å². The first-order valence-electron chi connectivity index (χ1n) is 12.9. The van der Waals surface area contributed by atoms with Gasteiger partial charge in [-0.15, -0.1) is 11.3 Å². The molecule has 3 atom stereocenters. The summed E-state index contributed by atoms with van der Waals surface area (Å²) in [6.45, 7) is 0. The highest BCUT2D eigenvalue weighted by Gasteiger charge is 2.61. The lowest BCUT2D eigenvalue weighted by Gasteiger charge is -2.57. The van der Waals surface area contributed by atoms with Crippen molar-refractivity contribution in [2.75, 3.05) is 5.32 Å². The number of nitrogens with zero attached hydrogens (tertiary/aromatic N) is 1. The van der Waals surface area contributed by atoms with Gasteiger partial charge in [0, 0.05) is 33.4 Å². The van der Waals surface area contributed by atoms with Crippen molar-refractivity contribution < 1.29 is 0 Å². The van der Waals surface area contributed by atoms with E-state index in [2.05, 4.69) is 114 Å². The van der Waals surface area contributed by atoms with E-state index in [-0.39, 0.29) is 10.8 Å². The Labute approximate surface area is 215 Å². The molecule has 9 rings (SSSR count). The summed E-state index contributed by atoms with van der Waals surface area (Å²) in [5.74, 6) is 0.449. The highest BCUT2D eigenvalue weighted by atomic mass is 32.1. The minimum absolute atomic E-state index is 0.0311. The van der Waals surface area contributed by atoms with Crippen molar-refractivity contribution in [2.24, 2.45) is 5.41 Å². The van der Waals surface area contributed by atoms with E-state index in [1.165, 1.54) is 38.7 Å². The maximum atomic E-state index is 5.10. The third kappa shape index (κ3) is 2.64. The van der Waals surface area contributed by atoms with Gasteiger partial charge in [-0.2, -0.15) is 0 Å². The monoisotopic (exact) mass is 482 g/mol. The van der Waals surface area contributed by atoms with Crippen molar-refractivity contribution in [3.05, 3.63) is 131 Å². The molecule has 174 valence electrons. The molecule has 0 aliphatic heterocycles. The number of hydrogen-bond acceptors (Lipinski definition) is 3. The number of hydrogen-bond donors (Lipinski definition) is 1. The first-order chi connectivity index (χ1) is 17.8. The van der Waals surface area contributed by atoms with Crippen LogP contribution in [0.25, 0.3) is 22.0 Å². The van der Waals surface area contributed by atoms with Crippen LogP contribution in [0.1, 0.15) is 36.3 Å². The highest BCUT2D eigenvalue weighted by Crippen LogP contribution is 2.68. The van der Waals surface area contributed by atoms with E-state index < -0.39 is 0 Å². The van der Waals surface area contributed by atoms with E-state index in [0.29, 0.717) is 5.92 Å². The second kappa shape index (κ2) is 7.41. The molecular weight excluding hydrogens is 456 g/mol. The highest BCUT2D eigenvalue weighted by molar-refractivity contribution is 7.14. The number of anilines is 1. The Morgan fingerprint density at radius 3 is 2.83 bits per heavy atom. The zero-order valence-corrected chi connectivity index (χ0v) is 20.8. The van der Waals surface area contributed by atoms with Gasteiger partial charge in [-0.1, -0.05) is 103 Å². The van der Waals surface area contributed by atoms with Crippen LogP contribution in [-0.2, 0) is 5.41 Å². The zero-order chi connectivity index (χ0) is 23.7. The molecule has 5 aliphatic carbocycles. The number of aromatic nitrogens is 1. The van der Waals surface area contributed by atoms with Crippen LogP contribution in [0.2, 0.25) is 0 Å². The first kappa shape index (κ1) is 20.5. The molecule has 3 aromatic carbocycles. The fraction of sp³-hybridized carbons (Fsp3) is 0.182. The van der Waals surface area contributed by atoms with Crippen LogP contribution >= 0.6 is 11.3 Å². The van der Waals surface area contributed by atoms with Crippen LogP contribution in [0, 0.1) is 5.41 Å². The first-order valence-corrected chi connectivity index (χ1v) is 13.7. The van der Waals surface area contributed by atoms with E-state index in [9.17, 15) is 0 Å². The van der Waals surface area contributed by atoms with Crippen molar-refractivity contribution in [2.45, 2.75) is 30.6 Å². The summed E-state index contributed by atoms with van der Waals surface area (Å²) >= 11 is 1.71. The Balaban J connectivity index is 1.20. The van der Waals surface area contributed by atoms with Gasteiger partial charge in [0.05, 0.1) is 5.69 Å². The van der Waals surface area contributed by atoms with E-state index >= 15 is 0 Å². The summed E-state index contributed by atoms with van der Waals surface area (Å²) < 4.78 is 0. The molecule has 0 fully saturated rings. The maximum absolute atomic E-state index is 5.10. The second-order valence-electron chi connectivity index (χ2n) is 10.5. The van der Waals surface area contributed by atoms with Crippen molar-refractivity contribution in [1.82, 2.24) is 4.98 Å². The Kier molecular flexibility index (Phi) is 4.22. The third-order valence-corrected chi connectivity index (χ3v) is 9.69.